The van der Waals surface area contributed by atoms with Crippen molar-refractivity contribution in [1.29, 1.82) is 0 Å². The van der Waals surface area contributed by atoms with Crippen molar-refractivity contribution in [1.82, 2.24) is 5.32 Å². The molecule has 0 saturated carbocycles. The van der Waals surface area contributed by atoms with E-state index >= 15 is 0 Å². The SMILES string of the molecule is CC(C)C(NCc1ccccc1C(N)=O)c1cccs1. The van der Waals surface area contributed by atoms with Crippen molar-refractivity contribution >= 4 is 17.2 Å². The summed E-state index contributed by atoms with van der Waals surface area (Å²) in [5.74, 6) is 0.106. The lowest BCUT2D eigenvalue weighted by atomic mass is 10.0. The topological polar surface area (TPSA) is 55.1 Å². The Kier molecular flexibility index (Phi) is 4.93. The van der Waals surface area contributed by atoms with Crippen LogP contribution in [0.3, 0.4) is 0 Å². The van der Waals surface area contributed by atoms with E-state index in [0.717, 1.165) is 5.56 Å². The van der Waals surface area contributed by atoms with Gasteiger partial charge in [0.05, 0.1) is 0 Å². The van der Waals surface area contributed by atoms with E-state index in [1.807, 2.05) is 18.2 Å². The normalized spacial score (nSPS) is 12.6. The number of hydrogen-bond donors (Lipinski definition) is 2. The average molecular weight is 288 g/mol. The zero-order chi connectivity index (χ0) is 14.5. The fourth-order valence-corrected chi connectivity index (χ4v) is 3.24. The molecular weight excluding hydrogens is 268 g/mol. The summed E-state index contributed by atoms with van der Waals surface area (Å²) in [5, 5.41) is 5.62. The van der Waals surface area contributed by atoms with Gasteiger partial charge in [-0.3, -0.25) is 4.79 Å². The summed E-state index contributed by atoms with van der Waals surface area (Å²) in [6.45, 7) is 5.02. The lowest BCUT2D eigenvalue weighted by Crippen LogP contribution is -2.26. The van der Waals surface area contributed by atoms with Gasteiger partial charge in [-0.2, -0.15) is 0 Å². The molecule has 0 spiro atoms. The first-order valence-electron chi connectivity index (χ1n) is 6.74. The second kappa shape index (κ2) is 6.68. The van der Waals surface area contributed by atoms with E-state index in [2.05, 4.69) is 36.7 Å². The number of carbonyl (C=O) groups excluding carboxylic acids is 1. The molecule has 1 amide bonds. The highest BCUT2D eigenvalue weighted by Crippen LogP contribution is 2.26. The molecular formula is C16H20N2OS. The minimum Gasteiger partial charge on any atom is -0.366 e. The Morgan fingerprint density at radius 2 is 2.00 bits per heavy atom. The van der Waals surface area contributed by atoms with E-state index in [1.165, 1.54) is 4.88 Å². The number of rotatable bonds is 6. The number of nitrogens with one attached hydrogen (secondary N) is 1. The highest BCUT2D eigenvalue weighted by Gasteiger charge is 2.17. The Balaban J connectivity index is 2.13. The van der Waals surface area contributed by atoms with Crippen molar-refractivity contribution in [2.24, 2.45) is 11.7 Å². The van der Waals surface area contributed by atoms with Crippen LogP contribution in [0.4, 0.5) is 0 Å². The van der Waals surface area contributed by atoms with Gasteiger partial charge in [-0.1, -0.05) is 38.1 Å². The van der Waals surface area contributed by atoms with Crippen LogP contribution in [0, 0.1) is 5.92 Å². The van der Waals surface area contributed by atoms with E-state index < -0.39 is 0 Å². The molecule has 0 radical (unpaired) electrons. The fraction of sp³-hybridized carbons (Fsp3) is 0.312. The molecule has 0 fully saturated rings. The van der Waals surface area contributed by atoms with Crippen molar-refractivity contribution in [2.75, 3.05) is 0 Å². The third-order valence-corrected chi connectivity index (χ3v) is 4.27. The summed E-state index contributed by atoms with van der Waals surface area (Å²) in [7, 11) is 0. The van der Waals surface area contributed by atoms with Crippen molar-refractivity contribution in [3.63, 3.8) is 0 Å². The molecule has 20 heavy (non-hydrogen) atoms. The molecule has 1 aromatic carbocycles. The minimum atomic E-state index is -0.375. The molecule has 2 rings (SSSR count). The Morgan fingerprint density at radius 3 is 2.60 bits per heavy atom. The maximum atomic E-state index is 11.4. The summed E-state index contributed by atoms with van der Waals surface area (Å²) in [4.78, 5) is 12.7. The largest absolute Gasteiger partial charge is 0.366 e. The summed E-state index contributed by atoms with van der Waals surface area (Å²) in [6.07, 6.45) is 0. The van der Waals surface area contributed by atoms with Crippen LogP contribution in [-0.4, -0.2) is 5.91 Å². The molecule has 1 aromatic heterocycles. The van der Waals surface area contributed by atoms with Crippen LogP contribution in [0.1, 0.15) is 40.7 Å². The van der Waals surface area contributed by atoms with Gasteiger partial charge in [0.15, 0.2) is 0 Å². The number of benzene rings is 1. The molecule has 3 N–H and O–H groups in total. The second-order valence-corrected chi connectivity index (χ2v) is 6.12. The number of carbonyl (C=O) groups is 1. The number of nitrogens with two attached hydrogens (primary N) is 1. The van der Waals surface area contributed by atoms with E-state index in [4.69, 9.17) is 5.73 Å². The summed E-state index contributed by atoms with van der Waals surface area (Å²) in [5.41, 5.74) is 6.95. The van der Waals surface area contributed by atoms with Gasteiger partial charge in [0.1, 0.15) is 0 Å². The molecule has 106 valence electrons. The molecule has 0 bridgehead atoms. The monoisotopic (exact) mass is 288 g/mol. The highest BCUT2D eigenvalue weighted by atomic mass is 32.1. The quantitative estimate of drug-likeness (QED) is 0.856. The van der Waals surface area contributed by atoms with Gasteiger partial charge in [-0.15, -0.1) is 11.3 Å². The summed E-state index contributed by atoms with van der Waals surface area (Å²) < 4.78 is 0. The van der Waals surface area contributed by atoms with Crippen LogP contribution < -0.4 is 11.1 Å². The Hall–Kier alpha value is -1.65. The maximum absolute atomic E-state index is 11.4. The minimum absolute atomic E-state index is 0.288. The lowest BCUT2D eigenvalue weighted by Gasteiger charge is -2.22. The second-order valence-electron chi connectivity index (χ2n) is 5.14. The summed E-state index contributed by atoms with van der Waals surface area (Å²) in [6, 6.07) is 12.0. The van der Waals surface area contributed by atoms with Crippen molar-refractivity contribution in [2.45, 2.75) is 26.4 Å². The van der Waals surface area contributed by atoms with Crippen LogP contribution in [0.2, 0.25) is 0 Å². The van der Waals surface area contributed by atoms with Crippen molar-refractivity contribution in [3.8, 4) is 0 Å². The maximum Gasteiger partial charge on any atom is 0.249 e. The molecule has 4 heteroatoms. The third kappa shape index (κ3) is 3.46. The van der Waals surface area contributed by atoms with Crippen LogP contribution in [0.5, 0.6) is 0 Å². The molecule has 1 atom stereocenters. The van der Waals surface area contributed by atoms with Gasteiger partial charge in [0, 0.05) is 23.0 Å². The first-order valence-corrected chi connectivity index (χ1v) is 7.62. The predicted molar refractivity (Wildman–Crippen MR) is 83.7 cm³/mol. The van der Waals surface area contributed by atoms with E-state index in [1.54, 1.807) is 17.4 Å². The third-order valence-electron chi connectivity index (χ3n) is 3.31. The van der Waals surface area contributed by atoms with Gasteiger partial charge < -0.3 is 11.1 Å². The van der Waals surface area contributed by atoms with Crippen LogP contribution >= 0.6 is 11.3 Å². The zero-order valence-corrected chi connectivity index (χ0v) is 12.6. The van der Waals surface area contributed by atoms with Gasteiger partial charge in [0.25, 0.3) is 0 Å². The average Bonchev–Trinajstić information content (AvgIpc) is 2.92. The molecule has 0 aliphatic heterocycles. The van der Waals surface area contributed by atoms with Gasteiger partial charge in [-0.05, 0) is 29.0 Å². The molecule has 0 saturated heterocycles. The predicted octanol–water partition coefficient (Wildman–Crippen LogP) is 3.33. The zero-order valence-electron chi connectivity index (χ0n) is 11.8. The van der Waals surface area contributed by atoms with E-state index in [-0.39, 0.29) is 11.9 Å². The van der Waals surface area contributed by atoms with Gasteiger partial charge in [0.2, 0.25) is 5.91 Å². The number of hydrogen-bond acceptors (Lipinski definition) is 3. The first-order chi connectivity index (χ1) is 9.59. The highest BCUT2D eigenvalue weighted by molar-refractivity contribution is 7.10. The van der Waals surface area contributed by atoms with Crippen LogP contribution in [0.15, 0.2) is 41.8 Å². The summed E-state index contributed by atoms with van der Waals surface area (Å²) >= 11 is 1.75. The van der Waals surface area contributed by atoms with Gasteiger partial charge in [-0.25, -0.2) is 0 Å². The smallest absolute Gasteiger partial charge is 0.249 e. The van der Waals surface area contributed by atoms with Crippen molar-refractivity contribution < 1.29 is 4.79 Å². The number of amides is 1. The molecule has 1 heterocycles. The number of thiophene rings is 1. The van der Waals surface area contributed by atoms with Crippen molar-refractivity contribution in [3.05, 3.63) is 57.8 Å². The Morgan fingerprint density at radius 1 is 1.25 bits per heavy atom. The van der Waals surface area contributed by atoms with E-state index in [0.29, 0.717) is 18.0 Å². The van der Waals surface area contributed by atoms with Crippen LogP contribution in [0.25, 0.3) is 0 Å². The fourth-order valence-electron chi connectivity index (χ4n) is 2.27. The molecule has 0 aliphatic rings. The first kappa shape index (κ1) is 14.8. The van der Waals surface area contributed by atoms with Gasteiger partial charge >= 0.3 is 0 Å². The Labute approximate surface area is 123 Å². The lowest BCUT2D eigenvalue weighted by molar-refractivity contribution is 0.0999. The molecule has 0 aliphatic carbocycles. The van der Waals surface area contributed by atoms with E-state index in [9.17, 15) is 4.79 Å². The molecule has 2 aromatic rings. The number of primary amides is 1. The molecule has 1 unspecified atom stereocenters. The Bertz CT molecular complexity index is 564. The van der Waals surface area contributed by atoms with Crippen LogP contribution in [-0.2, 0) is 6.54 Å². The standard InChI is InChI=1S/C16H20N2OS/c1-11(2)15(14-8-5-9-20-14)18-10-12-6-3-4-7-13(12)16(17)19/h3-9,11,15,18H,10H2,1-2H3,(H2,17,19). The molecule has 3 nitrogen and oxygen atoms in total.